The fraction of sp³-hybridized carbons (Fsp3) is 0.529. The summed E-state index contributed by atoms with van der Waals surface area (Å²) in [5.74, 6) is 5.78. The van der Waals surface area contributed by atoms with Crippen molar-refractivity contribution >= 4 is 32.6 Å². The first-order valence-electron chi connectivity index (χ1n) is 8.44. The Morgan fingerprint density at radius 1 is 1.33 bits per heavy atom. The maximum Gasteiger partial charge on any atom is 0.273 e. The molecule has 6 nitrogen and oxygen atoms in total. The summed E-state index contributed by atoms with van der Waals surface area (Å²) < 4.78 is 0.941. The molecule has 1 heterocycles. The SMILES string of the molecule is N[C@H](CC1CCCCC1)C(O)C(=O)N(N)c1nc2ccccc2s1. The molecule has 0 radical (unpaired) electrons. The number of thiazole rings is 1. The predicted molar refractivity (Wildman–Crippen MR) is 96.5 cm³/mol. The highest BCUT2D eigenvalue weighted by Crippen LogP contribution is 2.29. The number of hydrazine groups is 1. The normalized spacial score (nSPS) is 18.5. The van der Waals surface area contributed by atoms with Crippen molar-refractivity contribution in [3.63, 3.8) is 0 Å². The van der Waals surface area contributed by atoms with Gasteiger partial charge >= 0.3 is 0 Å². The summed E-state index contributed by atoms with van der Waals surface area (Å²) in [5, 5.41) is 11.6. The molecule has 2 atom stereocenters. The third-order valence-electron chi connectivity index (χ3n) is 4.71. The van der Waals surface area contributed by atoms with Crippen LogP contribution in [0.2, 0.25) is 0 Å². The van der Waals surface area contributed by atoms with Crippen LogP contribution >= 0.6 is 11.3 Å². The van der Waals surface area contributed by atoms with E-state index in [2.05, 4.69) is 4.98 Å². The Morgan fingerprint density at radius 3 is 2.75 bits per heavy atom. The quantitative estimate of drug-likeness (QED) is 0.436. The van der Waals surface area contributed by atoms with Crippen LogP contribution in [-0.4, -0.2) is 28.1 Å². The molecule has 1 aromatic heterocycles. The number of nitrogens with two attached hydrogens (primary N) is 2. The van der Waals surface area contributed by atoms with Crippen molar-refractivity contribution in [2.45, 2.75) is 50.7 Å². The number of amides is 1. The smallest absolute Gasteiger partial charge is 0.273 e. The summed E-state index contributed by atoms with van der Waals surface area (Å²) in [4.78, 5) is 16.8. The van der Waals surface area contributed by atoms with Gasteiger partial charge in [0, 0.05) is 6.04 Å². The number of aliphatic hydroxyl groups excluding tert-OH is 1. The lowest BCUT2D eigenvalue weighted by Gasteiger charge is -2.27. The molecule has 24 heavy (non-hydrogen) atoms. The van der Waals surface area contributed by atoms with E-state index in [1.165, 1.54) is 30.6 Å². The first kappa shape index (κ1) is 17.3. The Morgan fingerprint density at radius 2 is 2.04 bits per heavy atom. The highest BCUT2D eigenvalue weighted by Gasteiger charge is 2.30. The van der Waals surface area contributed by atoms with Crippen molar-refractivity contribution < 1.29 is 9.90 Å². The number of rotatable bonds is 5. The molecule has 1 saturated carbocycles. The molecule has 1 aliphatic carbocycles. The molecule has 0 spiro atoms. The molecule has 3 rings (SSSR count). The van der Waals surface area contributed by atoms with Gasteiger partial charge in [-0.05, 0) is 24.5 Å². The average Bonchev–Trinajstić information content (AvgIpc) is 3.04. The Kier molecular flexibility index (Phi) is 5.45. The van der Waals surface area contributed by atoms with E-state index < -0.39 is 18.1 Å². The number of benzene rings is 1. The van der Waals surface area contributed by atoms with Crippen molar-refractivity contribution in [1.82, 2.24) is 4.98 Å². The van der Waals surface area contributed by atoms with Gasteiger partial charge in [0.25, 0.3) is 5.91 Å². The number of hydrogen-bond acceptors (Lipinski definition) is 6. The summed E-state index contributed by atoms with van der Waals surface area (Å²) in [7, 11) is 0. The van der Waals surface area contributed by atoms with Crippen LogP contribution in [0, 0.1) is 5.92 Å². The highest BCUT2D eigenvalue weighted by atomic mass is 32.1. The third-order valence-corrected chi connectivity index (χ3v) is 5.75. The second kappa shape index (κ2) is 7.57. The Labute approximate surface area is 145 Å². The molecule has 1 aliphatic rings. The molecule has 5 N–H and O–H groups in total. The number of anilines is 1. The van der Waals surface area contributed by atoms with Crippen LogP contribution < -0.4 is 16.6 Å². The largest absolute Gasteiger partial charge is 0.382 e. The fourth-order valence-electron chi connectivity index (χ4n) is 3.32. The van der Waals surface area contributed by atoms with Crippen molar-refractivity contribution in [2.24, 2.45) is 17.5 Å². The minimum absolute atomic E-state index is 0.366. The van der Waals surface area contributed by atoms with Crippen molar-refractivity contribution in [2.75, 3.05) is 5.01 Å². The zero-order chi connectivity index (χ0) is 17.1. The standard InChI is InChI=1S/C17H24N4O2S/c18-12(10-11-6-2-1-3-7-11)15(22)16(23)21(19)17-20-13-8-4-5-9-14(13)24-17/h4-5,8-9,11-12,15,22H,1-3,6-7,10,18-19H2/t12-,15?/m1/s1. The zero-order valence-electron chi connectivity index (χ0n) is 13.6. The first-order valence-corrected chi connectivity index (χ1v) is 9.26. The van der Waals surface area contributed by atoms with Crippen molar-refractivity contribution in [1.29, 1.82) is 0 Å². The molecule has 2 aromatic rings. The molecule has 0 bridgehead atoms. The molecule has 1 fully saturated rings. The number of carbonyl (C=O) groups is 1. The van der Waals surface area contributed by atoms with Crippen LogP contribution in [0.3, 0.4) is 0 Å². The van der Waals surface area contributed by atoms with Crippen LogP contribution in [0.15, 0.2) is 24.3 Å². The maximum atomic E-state index is 12.4. The second-order valence-corrected chi connectivity index (χ2v) is 7.53. The summed E-state index contributed by atoms with van der Waals surface area (Å²) in [6.07, 6.45) is 5.27. The monoisotopic (exact) mass is 348 g/mol. The fourth-order valence-corrected chi connectivity index (χ4v) is 4.21. The van der Waals surface area contributed by atoms with Gasteiger partial charge in [-0.1, -0.05) is 55.6 Å². The van der Waals surface area contributed by atoms with E-state index in [-0.39, 0.29) is 0 Å². The van der Waals surface area contributed by atoms with Gasteiger partial charge in [-0.2, -0.15) is 0 Å². The molecule has 7 heteroatoms. The zero-order valence-corrected chi connectivity index (χ0v) is 14.4. The molecule has 1 aromatic carbocycles. The van der Waals surface area contributed by atoms with Gasteiger partial charge in [0.1, 0.15) is 6.10 Å². The Hall–Kier alpha value is -1.54. The predicted octanol–water partition coefficient (Wildman–Crippen LogP) is 2.16. The maximum absolute atomic E-state index is 12.4. The molecule has 0 aliphatic heterocycles. The van der Waals surface area contributed by atoms with Gasteiger partial charge in [0.2, 0.25) is 5.13 Å². The highest BCUT2D eigenvalue weighted by molar-refractivity contribution is 7.22. The van der Waals surface area contributed by atoms with Crippen molar-refractivity contribution in [3.8, 4) is 0 Å². The van der Waals surface area contributed by atoms with E-state index >= 15 is 0 Å². The molecular weight excluding hydrogens is 324 g/mol. The number of hydrogen-bond donors (Lipinski definition) is 3. The Bertz CT molecular complexity index is 666. The topological polar surface area (TPSA) is 105 Å². The number of fused-ring (bicyclic) bond motifs is 1. The molecular formula is C17H24N4O2S. The van der Waals surface area contributed by atoms with Gasteiger partial charge in [-0.15, -0.1) is 0 Å². The lowest BCUT2D eigenvalue weighted by molar-refractivity contribution is -0.127. The van der Waals surface area contributed by atoms with E-state index in [4.69, 9.17) is 11.6 Å². The molecule has 0 saturated heterocycles. The van der Waals surface area contributed by atoms with E-state index in [0.29, 0.717) is 17.5 Å². The number of para-hydroxylation sites is 1. The van der Waals surface area contributed by atoms with Crippen LogP contribution in [0.1, 0.15) is 38.5 Å². The summed E-state index contributed by atoms with van der Waals surface area (Å²) in [6, 6.07) is 6.96. The number of carbonyl (C=O) groups excluding carboxylic acids is 1. The summed E-state index contributed by atoms with van der Waals surface area (Å²) in [6.45, 7) is 0. The number of aromatic nitrogens is 1. The van der Waals surface area contributed by atoms with E-state index in [0.717, 1.165) is 28.1 Å². The third kappa shape index (κ3) is 3.75. The molecule has 130 valence electrons. The van der Waals surface area contributed by atoms with Crippen LogP contribution in [-0.2, 0) is 4.79 Å². The summed E-state index contributed by atoms with van der Waals surface area (Å²) in [5.41, 5.74) is 6.85. The lowest BCUT2D eigenvalue weighted by atomic mass is 9.84. The van der Waals surface area contributed by atoms with Crippen LogP contribution in [0.4, 0.5) is 5.13 Å². The van der Waals surface area contributed by atoms with E-state index in [1.54, 1.807) is 0 Å². The number of nitrogens with zero attached hydrogens (tertiary/aromatic N) is 2. The van der Waals surface area contributed by atoms with Crippen molar-refractivity contribution in [3.05, 3.63) is 24.3 Å². The van der Waals surface area contributed by atoms with Gasteiger partial charge in [-0.3, -0.25) is 4.79 Å². The molecule has 1 amide bonds. The van der Waals surface area contributed by atoms with E-state index in [1.807, 2.05) is 24.3 Å². The van der Waals surface area contributed by atoms with Crippen LogP contribution in [0.25, 0.3) is 10.2 Å². The van der Waals surface area contributed by atoms with Crippen LogP contribution in [0.5, 0.6) is 0 Å². The molecule has 1 unspecified atom stereocenters. The first-order chi connectivity index (χ1) is 11.6. The number of aliphatic hydroxyl groups is 1. The average molecular weight is 348 g/mol. The second-order valence-electron chi connectivity index (χ2n) is 6.52. The minimum Gasteiger partial charge on any atom is -0.382 e. The summed E-state index contributed by atoms with van der Waals surface area (Å²) >= 11 is 1.32. The van der Waals surface area contributed by atoms with Gasteiger partial charge < -0.3 is 10.8 Å². The van der Waals surface area contributed by atoms with Gasteiger partial charge in [0.15, 0.2) is 0 Å². The Balaban J connectivity index is 1.65. The minimum atomic E-state index is -1.30. The lowest BCUT2D eigenvalue weighted by Crippen LogP contribution is -2.51. The van der Waals surface area contributed by atoms with Gasteiger partial charge in [0.05, 0.1) is 10.2 Å². The van der Waals surface area contributed by atoms with Gasteiger partial charge in [-0.25, -0.2) is 15.8 Å². The van der Waals surface area contributed by atoms with E-state index in [9.17, 15) is 9.90 Å².